The largest absolute Gasteiger partial charge is 0.354 e. The number of amides is 2. The third-order valence-corrected chi connectivity index (χ3v) is 7.76. The summed E-state index contributed by atoms with van der Waals surface area (Å²) in [6.07, 6.45) is 3.15. The molecular weight excluding hydrogens is 510 g/mol. The second kappa shape index (κ2) is 13.9. The fourth-order valence-electron chi connectivity index (χ4n) is 4.39. The molecule has 0 spiro atoms. The Kier molecular flexibility index (Phi) is 10.7. The molecule has 2 amide bonds. The van der Waals surface area contributed by atoms with E-state index in [2.05, 4.69) is 5.32 Å². The highest BCUT2D eigenvalue weighted by molar-refractivity contribution is 7.92. The van der Waals surface area contributed by atoms with Crippen LogP contribution in [0.3, 0.4) is 0 Å². The van der Waals surface area contributed by atoms with E-state index in [4.69, 9.17) is 0 Å². The predicted molar refractivity (Wildman–Crippen MR) is 157 cm³/mol. The van der Waals surface area contributed by atoms with E-state index in [1.165, 1.54) is 4.90 Å². The highest BCUT2D eigenvalue weighted by Gasteiger charge is 2.33. The number of para-hydroxylation sites is 1. The van der Waals surface area contributed by atoms with Crippen LogP contribution < -0.4 is 9.62 Å². The van der Waals surface area contributed by atoms with Gasteiger partial charge in [-0.2, -0.15) is 0 Å². The van der Waals surface area contributed by atoms with Gasteiger partial charge in [0.2, 0.25) is 21.8 Å². The van der Waals surface area contributed by atoms with Crippen molar-refractivity contribution in [1.29, 1.82) is 0 Å². The second-order valence-electron chi connectivity index (χ2n) is 9.91. The summed E-state index contributed by atoms with van der Waals surface area (Å²) >= 11 is 0. The van der Waals surface area contributed by atoms with Gasteiger partial charge in [-0.1, -0.05) is 91.7 Å². The first kappa shape index (κ1) is 29.9. The zero-order chi connectivity index (χ0) is 28.4. The maximum absolute atomic E-state index is 14.1. The molecule has 1 atom stereocenters. The van der Waals surface area contributed by atoms with Crippen LogP contribution >= 0.6 is 0 Å². The minimum atomic E-state index is -3.78. The highest BCUT2D eigenvalue weighted by atomic mass is 32.2. The maximum atomic E-state index is 14.1. The van der Waals surface area contributed by atoms with Gasteiger partial charge in [-0.15, -0.1) is 0 Å². The quantitative estimate of drug-likeness (QED) is 0.315. The molecule has 0 bridgehead atoms. The Labute approximate surface area is 232 Å². The Morgan fingerprint density at radius 1 is 0.872 bits per heavy atom. The van der Waals surface area contributed by atoms with Gasteiger partial charge < -0.3 is 10.2 Å². The van der Waals surface area contributed by atoms with E-state index in [0.29, 0.717) is 18.7 Å². The van der Waals surface area contributed by atoms with Crippen LogP contribution in [0.25, 0.3) is 0 Å². The Balaban J connectivity index is 2.03. The van der Waals surface area contributed by atoms with Crippen LogP contribution in [0.1, 0.15) is 42.0 Å². The first-order valence-corrected chi connectivity index (χ1v) is 15.1. The summed E-state index contributed by atoms with van der Waals surface area (Å²) in [6.45, 7) is 6.10. The predicted octanol–water partition coefficient (Wildman–Crippen LogP) is 4.63. The average Bonchev–Trinajstić information content (AvgIpc) is 2.91. The molecule has 0 saturated heterocycles. The number of sulfonamides is 1. The van der Waals surface area contributed by atoms with Crippen molar-refractivity contribution in [3.05, 3.63) is 101 Å². The van der Waals surface area contributed by atoms with E-state index in [0.717, 1.165) is 45.7 Å². The lowest BCUT2D eigenvalue weighted by atomic mass is 10.0. The van der Waals surface area contributed by atoms with Crippen LogP contribution in [0.4, 0.5) is 5.69 Å². The Bertz CT molecular complexity index is 1340. The molecule has 0 saturated carbocycles. The number of hydrogen-bond donors (Lipinski definition) is 1. The lowest BCUT2D eigenvalue weighted by molar-refractivity contribution is -0.140. The third kappa shape index (κ3) is 8.68. The zero-order valence-electron chi connectivity index (χ0n) is 23.3. The van der Waals surface area contributed by atoms with Gasteiger partial charge in [0.25, 0.3) is 0 Å². The van der Waals surface area contributed by atoms with E-state index in [-0.39, 0.29) is 12.5 Å². The summed E-state index contributed by atoms with van der Waals surface area (Å²) in [4.78, 5) is 29.2. The SMILES string of the molecule is CCCCNC(=O)[C@@H](Cc1ccccc1)N(Cc1ccc(C)cc1)C(=O)CN(c1ccccc1C)S(C)(=O)=O. The lowest BCUT2D eigenvalue weighted by Gasteiger charge is -2.33. The van der Waals surface area contributed by atoms with Crippen molar-refractivity contribution in [3.63, 3.8) is 0 Å². The van der Waals surface area contributed by atoms with Crippen molar-refractivity contribution in [1.82, 2.24) is 10.2 Å². The Morgan fingerprint density at radius 3 is 2.13 bits per heavy atom. The minimum absolute atomic E-state index is 0.170. The summed E-state index contributed by atoms with van der Waals surface area (Å²) in [6, 6.07) is 23.6. The van der Waals surface area contributed by atoms with Crippen LogP contribution in [-0.4, -0.2) is 50.5 Å². The van der Waals surface area contributed by atoms with Gasteiger partial charge in [0.15, 0.2) is 0 Å². The number of hydrogen-bond acceptors (Lipinski definition) is 4. The van der Waals surface area contributed by atoms with Gasteiger partial charge in [0, 0.05) is 19.5 Å². The summed E-state index contributed by atoms with van der Waals surface area (Å²) in [5, 5.41) is 2.99. The third-order valence-electron chi connectivity index (χ3n) is 6.64. The number of nitrogens with zero attached hydrogens (tertiary/aromatic N) is 2. The molecule has 0 aromatic heterocycles. The smallest absolute Gasteiger partial charge is 0.244 e. The van der Waals surface area contributed by atoms with Crippen molar-refractivity contribution in [2.75, 3.05) is 23.7 Å². The summed E-state index contributed by atoms with van der Waals surface area (Å²) < 4.78 is 26.9. The molecule has 0 fully saturated rings. The van der Waals surface area contributed by atoms with Crippen LogP contribution in [-0.2, 0) is 32.6 Å². The van der Waals surface area contributed by atoms with E-state index < -0.39 is 28.5 Å². The van der Waals surface area contributed by atoms with Gasteiger partial charge in [0.05, 0.1) is 11.9 Å². The molecule has 1 N–H and O–H groups in total. The van der Waals surface area contributed by atoms with E-state index >= 15 is 0 Å². The molecule has 3 aromatic carbocycles. The number of rotatable bonds is 13. The van der Waals surface area contributed by atoms with Crippen molar-refractivity contribution in [3.8, 4) is 0 Å². The van der Waals surface area contributed by atoms with Gasteiger partial charge >= 0.3 is 0 Å². The number of nitrogens with one attached hydrogen (secondary N) is 1. The van der Waals surface area contributed by atoms with Crippen molar-refractivity contribution < 1.29 is 18.0 Å². The number of carbonyl (C=O) groups is 2. The zero-order valence-corrected chi connectivity index (χ0v) is 24.1. The van der Waals surface area contributed by atoms with Gasteiger partial charge in [0.1, 0.15) is 12.6 Å². The minimum Gasteiger partial charge on any atom is -0.354 e. The normalized spacial score (nSPS) is 12.0. The van der Waals surface area contributed by atoms with Crippen LogP contribution in [0.5, 0.6) is 0 Å². The Hall–Kier alpha value is -3.65. The topological polar surface area (TPSA) is 86.8 Å². The lowest BCUT2D eigenvalue weighted by Crippen LogP contribution is -2.53. The number of carbonyl (C=O) groups excluding carboxylic acids is 2. The second-order valence-corrected chi connectivity index (χ2v) is 11.8. The van der Waals surface area contributed by atoms with E-state index in [1.54, 1.807) is 25.1 Å². The van der Waals surface area contributed by atoms with Gasteiger partial charge in [-0.3, -0.25) is 13.9 Å². The number of anilines is 1. The molecule has 3 aromatic rings. The molecule has 208 valence electrons. The van der Waals surface area contributed by atoms with Crippen LogP contribution in [0.15, 0.2) is 78.9 Å². The van der Waals surface area contributed by atoms with Crippen LogP contribution in [0, 0.1) is 13.8 Å². The van der Waals surface area contributed by atoms with Crippen molar-refractivity contribution >= 4 is 27.5 Å². The number of benzene rings is 3. The highest BCUT2D eigenvalue weighted by Crippen LogP contribution is 2.23. The molecule has 0 aliphatic rings. The summed E-state index contributed by atoms with van der Waals surface area (Å²) in [5.74, 6) is -0.703. The molecule has 7 nitrogen and oxygen atoms in total. The standard InChI is InChI=1S/C31H39N3O4S/c1-5-6-20-32-31(36)29(21-26-13-8-7-9-14-26)33(22-27-18-16-24(2)17-19-27)30(35)23-34(39(4,37)38)28-15-11-10-12-25(28)3/h7-19,29H,5-6,20-23H2,1-4H3,(H,32,36)/t29-/m1/s1. The fourth-order valence-corrected chi connectivity index (χ4v) is 5.30. The molecule has 3 rings (SSSR count). The Morgan fingerprint density at radius 2 is 1.51 bits per heavy atom. The molecule has 0 aliphatic heterocycles. The molecule has 8 heteroatoms. The first-order chi connectivity index (χ1) is 18.6. The molecule has 0 unspecified atom stereocenters. The fraction of sp³-hybridized carbons (Fsp3) is 0.355. The van der Waals surface area contributed by atoms with Crippen molar-refractivity contribution in [2.24, 2.45) is 0 Å². The molecule has 0 aliphatic carbocycles. The molecule has 39 heavy (non-hydrogen) atoms. The summed E-state index contributed by atoms with van der Waals surface area (Å²) in [7, 11) is -3.78. The average molecular weight is 550 g/mol. The van der Waals surface area contributed by atoms with Gasteiger partial charge in [-0.05, 0) is 43.0 Å². The van der Waals surface area contributed by atoms with Gasteiger partial charge in [-0.25, -0.2) is 8.42 Å². The summed E-state index contributed by atoms with van der Waals surface area (Å²) in [5.41, 5.74) is 4.02. The van der Waals surface area contributed by atoms with Crippen molar-refractivity contribution in [2.45, 2.75) is 52.6 Å². The molecule has 0 heterocycles. The maximum Gasteiger partial charge on any atom is 0.244 e. The monoisotopic (exact) mass is 549 g/mol. The van der Waals surface area contributed by atoms with Crippen LogP contribution in [0.2, 0.25) is 0 Å². The number of unbranched alkanes of at least 4 members (excludes halogenated alkanes) is 1. The molecular formula is C31H39N3O4S. The molecule has 0 radical (unpaired) electrons. The van der Waals surface area contributed by atoms with E-state index in [9.17, 15) is 18.0 Å². The first-order valence-electron chi connectivity index (χ1n) is 13.3. The number of aryl methyl sites for hydroxylation is 2. The van der Waals surface area contributed by atoms with E-state index in [1.807, 2.05) is 74.5 Å².